The van der Waals surface area contributed by atoms with E-state index in [4.69, 9.17) is 21.1 Å². The molecule has 0 aromatic heterocycles. The monoisotopic (exact) mass is 511 g/mol. The fourth-order valence-electron chi connectivity index (χ4n) is 6.25. The summed E-state index contributed by atoms with van der Waals surface area (Å²) in [6.45, 7) is 6.38. The molecule has 6 nitrogen and oxygen atoms in total. The summed E-state index contributed by atoms with van der Waals surface area (Å²) in [7, 11) is 0. The van der Waals surface area contributed by atoms with Crippen LogP contribution >= 0.6 is 11.6 Å². The summed E-state index contributed by atoms with van der Waals surface area (Å²) in [5.74, 6) is 0.199. The van der Waals surface area contributed by atoms with Gasteiger partial charge in [-0.05, 0) is 85.4 Å². The summed E-state index contributed by atoms with van der Waals surface area (Å²) < 4.78 is 11.9. The number of benzene rings is 2. The minimum atomic E-state index is -0.953. The van der Waals surface area contributed by atoms with E-state index in [1.807, 2.05) is 6.07 Å². The van der Waals surface area contributed by atoms with E-state index in [1.54, 1.807) is 24.3 Å². The third-order valence-corrected chi connectivity index (χ3v) is 8.47. The first-order valence-corrected chi connectivity index (χ1v) is 13.2. The van der Waals surface area contributed by atoms with Gasteiger partial charge in [-0.15, -0.1) is 6.58 Å². The Morgan fingerprint density at radius 3 is 2.92 bits per heavy atom. The zero-order valence-electron chi connectivity index (χ0n) is 20.5. The van der Waals surface area contributed by atoms with Crippen LogP contribution in [0.25, 0.3) is 0 Å². The fraction of sp³-hybridized carbons (Fsp3) is 0.483. The molecule has 7 heteroatoms. The minimum absolute atomic E-state index is 0.151. The summed E-state index contributed by atoms with van der Waals surface area (Å²) in [6.07, 6.45) is 6.18. The lowest BCUT2D eigenvalue weighted by Crippen LogP contribution is -2.50. The number of hydrogen-bond donors (Lipinski definition) is 2. The summed E-state index contributed by atoms with van der Waals surface area (Å²) >= 11 is 6.33. The molecule has 1 saturated carbocycles. The average Bonchev–Trinajstić information content (AvgIpc) is 2.99. The van der Waals surface area contributed by atoms with Gasteiger partial charge in [-0.2, -0.15) is 0 Å². The molecular weight excluding hydrogens is 478 g/mol. The highest BCUT2D eigenvalue weighted by Crippen LogP contribution is 2.46. The van der Waals surface area contributed by atoms with Crippen LogP contribution in [-0.2, 0) is 16.6 Å². The van der Waals surface area contributed by atoms with Gasteiger partial charge in [0.2, 0.25) is 0 Å². The van der Waals surface area contributed by atoms with Crippen LogP contribution in [0.4, 0.5) is 5.69 Å². The first-order valence-electron chi connectivity index (χ1n) is 12.8. The molecule has 2 aromatic rings. The summed E-state index contributed by atoms with van der Waals surface area (Å²) in [5, 5.41) is 21.2. The van der Waals surface area contributed by atoms with E-state index in [1.165, 1.54) is 11.1 Å². The third-order valence-electron chi connectivity index (χ3n) is 8.23. The largest absolute Gasteiger partial charge is 0.490 e. The zero-order chi connectivity index (χ0) is 25.3. The van der Waals surface area contributed by atoms with Crippen molar-refractivity contribution in [2.24, 2.45) is 11.8 Å². The van der Waals surface area contributed by atoms with Crippen LogP contribution in [0.1, 0.15) is 47.2 Å². The average molecular weight is 512 g/mol. The zero-order valence-corrected chi connectivity index (χ0v) is 21.3. The Balaban J connectivity index is 1.47. The first kappa shape index (κ1) is 25.1. The first-order chi connectivity index (χ1) is 17.4. The van der Waals surface area contributed by atoms with E-state index in [0.29, 0.717) is 25.6 Å². The predicted molar refractivity (Wildman–Crippen MR) is 140 cm³/mol. The van der Waals surface area contributed by atoms with Gasteiger partial charge in [-0.3, -0.25) is 0 Å². The van der Waals surface area contributed by atoms with Crippen molar-refractivity contribution in [1.29, 1.82) is 0 Å². The second kappa shape index (κ2) is 10.4. The van der Waals surface area contributed by atoms with E-state index < -0.39 is 12.1 Å². The molecule has 1 heterocycles. The van der Waals surface area contributed by atoms with Crippen molar-refractivity contribution in [2.75, 3.05) is 37.8 Å². The van der Waals surface area contributed by atoms with E-state index >= 15 is 0 Å². The summed E-state index contributed by atoms with van der Waals surface area (Å²) in [4.78, 5) is 14.1. The molecule has 5 rings (SSSR count). The van der Waals surface area contributed by atoms with Crippen molar-refractivity contribution < 1.29 is 24.5 Å². The number of aryl methyl sites for hydroxylation is 1. The number of aromatic carboxylic acids is 1. The van der Waals surface area contributed by atoms with E-state index in [0.717, 1.165) is 55.9 Å². The molecule has 1 spiro atoms. The van der Waals surface area contributed by atoms with Crippen LogP contribution in [0.15, 0.2) is 49.1 Å². The van der Waals surface area contributed by atoms with Crippen LogP contribution in [0.3, 0.4) is 0 Å². The number of halogens is 1. The van der Waals surface area contributed by atoms with Gasteiger partial charge in [0.05, 0.1) is 37.2 Å². The van der Waals surface area contributed by atoms with Crippen molar-refractivity contribution in [1.82, 2.24) is 0 Å². The molecule has 4 atom stereocenters. The summed E-state index contributed by atoms with van der Waals surface area (Å²) in [5.41, 5.74) is 3.39. The highest BCUT2D eigenvalue weighted by Gasteiger charge is 2.44. The number of carboxylic acids is 1. The van der Waals surface area contributed by atoms with Crippen molar-refractivity contribution in [3.63, 3.8) is 0 Å². The maximum atomic E-state index is 11.8. The van der Waals surface area contributed by atoms with E-state index in [-0.39, 0.29) is 22.8 Å². The third kappa shape index (κ3) is 4.86. The van der Waals surface area contributed by atoms with Crippen LogP contribution in [0.5, 0.6) is 5.75 Å². The molecule has 1 aliphatic heterocycles. The number of carboxylic acid groups (broad SMARTS) is 1. The normalized spacial score (nSPS) is 25.7. The molecule has 0 saturated heterocycles. The Kier molecular flexibility index (Phi) is 7.29. The molecule has 0 amide bonds. The summed E-state index contributed by atoms with van der Waals surface area (Å²) in [6, 6.07) is 11.3. The topological polar surface area (TPSA) is 79.2 Å². The van der Waals surface area contributed by atoms with Crippen molar-refractivity contribution in [3.05, 3.63) is 70.8 Å². The number of carbonyl (C=O) groups is 1. The van der Waals surface area contributed by atoms with Gasteiger partial charge in [-0.1, -0.05) is 23.7 Å². The van der Waals surface area contributed by atoms with Crippen LogP contribution < -0.4 is 9.64 Å². The smallest absolute Gasteiger partial charge is 0.335 e. The molecule has 3 aliphatic rings. The van der Waals surface area contributed by atoms with Crippen molar-refractivity contribution in [2.45, 2.75) is 43.6 Å². The van der Waals surface area contributed by atoms with E-state index in [2.05, 4.69) is 23.6 Å². The lowest BCUT2D eigenvalue weighted by molar-refractivity contribution is -0.0367. The van der Waals surface area contributed by atoms with Gasteiger partial charge < -0.3 is 24.6 Å². The number of aliphatic hydroxyl groups excluding tert-OH is 1. The molecule has 1 fully saturated rings. The predicted octanol–water partition coefficient (Wildman–Crippen LogP) is 5.10. The van der Waals surface area contributed by atoms with Crippen LogP contribution in [-0.4, -0.2) is 55.2 Å². The fourth-order valence-corrected chi connectivity index (χ4v) is 6.45. The Morgan fingerprint density at radius 1 is 1.31 bits per heavy atom. The standard InChI is InChI=1S/C29H34ClNO5/c1-2-12-35-16-26(32)23-8-5-21(23)15-31-17-29(11-3-4-19-13-22(30)7-9-24(19)29)18-36-27-10-6-20(28(33)34)14-25(27)31/h2,6-7,9-10,13-14,21,23,26,32H,1,3-5,8,11-12,15-18H2,(H,33,34)/t21-,23+,26?,29?/m0/s1. The lowest BCUT2D eigenvalue weighted by atomic mass is 9.68. The van der Waals surface area contributed by atoms with Gasteiger partial charge in [0, 0.05) is 23.5 Å². The number of fused-ring (bicyclic) bond motifs is 3. The van der Waals surface area contributed by atoms with Crippen LogP contribution in [0, 0.1) is 11.8 Å². The highest BCUT2D eigenvalue weighted by molar-refractivity contribution is 6.30. The van der Waals surface area contributed by atoms with Gasteiger partial charge in [0.25, 0.3) is 0 Å². The van der Waals surface area contributed by atoms with Gasteiger partial charge in [0.15, 0.2) is 0 Å². The number of nitrogens with zero attached hydrogens (tertiary/aromatic N) is 1. The molecule has 0 radical (unpaired) electrons. The second-order valence-electron chi connectivity index (χ2n) is 10.5. The molecule has 0 bridgehead atoms. The van der Waals surface area contributed by atoms with Crippen molar-refractivity contribution >= 4 is 23.3 Å². The molecule has 2 N–H and O–H groups in total. The van der Waals surface area contributed by atoms with Gasteiger partial charge in [-0.25, -0.2) is 4.79 Å². The molecule has 2 aliphatic carbocycles. The quantitative estimate of drug-likeness (QED) is 0.379. The van der Waals surface area contributed by atoms with E-state index in [9.17, 15) is 15.0 Å². The number of hydrogen-bond acceptors (Lipinski definition) is 5. The number of aliphatic hydroxyl groups is 1. The molecule has 36 heavy (non-hydrogen) atoms. The SMILES string of the molecule is C=CCOCC(O)[C@@H]1CC[C@H]1CN1CC2(CCCc3cc(Cl)ccc32)COc2ccc(C(=O)O)cc21. The number of anilines is 1. The molecule has 192 valence electrons. The number of ether oxygens (including phenoxy) is 2. The number of rotatable bonds is 8. The maximum Gasteiger partial charge on any atom is 0.335 e. The maximum absolute atomic E-state index is 11.8. The van der Waals surface area contributed by atoms with Crippen LogP contribution in [0.2, 0.25) is 5.02 Å². The molecule has 2 aromatic carbocycles. The molecular formula is C29H34ClNO5. The minimum Gasteiger partial charge on any atom is -0.490 e. The van der Waals surface area contributed by atoms with Crippen molar-refractivity contribution in [3.8, 4) is 5.75 Å². The van der Waals surface area contributed by atoms with Gasteiger partial charge in [0.1, 0.15) is 5.75 Å². The highest BCUT2D eigenvalue weighted by atomic mass is 35.5. The Morgan fingerprint density at radius 2 is 2.17 bits per heavy atom. The Hall–Kier alpha value is -2.54. The Labute approximate surface area is 217 Å². The molecule has 2 unspecified atom stereocenters. The lowest BCUT2D eigenvalue weighted by Gasteiger charge is -2.45. The second-order valence-corrected chi connectivity index (χ2v) is 10.9. The Bertz CT molecular complexity index is 1140. The van der Waals surface area contributed by atoms with Gasteiger partial charge >= 0.3 is 5.97 Å².